The van der Waals surface area contributed by atoms with Gasteiger partial charge in [-0.2, -0.15) is 0 Å². The van der Waals surface area contributed by atoms with Crippen LogP contribution in [0.3, 0.4) is 0 Å². The molecule has 22 heavy (non-hydrogen) atoms. The number of ether oxygens (including phenoxy) is 1. The van der Waals surface area contributed by atoms with Gasteiger partial charge in [0.05, 0.1) is 12.9 Å². The van der Waals surface area contributed by atoms with Crippen LogP contribution in [-0.4, -0.2) is 27.6 Å². The molecule has 124 valence electrons. The average molecular weight is 326 g/mol. The summed E-state index contributed by atoms with van der Waals surface area (Å²) in [6, 6.07) is 7.14. The smallest absolute Gasteiger partial charge is 0.216 e. The van der Waals surface area contributed by atoms with Crippen LogP contribution in [0, 0.1) is 5.92 Å². The molecule has 1 aromatic carbocycles. The number of hydrogen-bond acceptors (Lipinski definition) is 4. The molecule has 6 heteroatoms. The van der Waals surface area contributed by atoms with E-state index in [1.807, 2.05) is 0 Å². The maximum atomic E-state index is 12.6. The first-order chi connectivity index (χ1) is 10.4. The molecule has 0 bridgehead atoms. The molecule has 1 aliphatic carbocycles. The predicted molar refractivity (Wildman–Crippen MR) is 88.2 cm³/mol. The highest BCUT2D eigenvalue weighted by molar-refractivity contribution is 7.88. The van der Waals surface area contributed by atoms with Crippen LogP contribution in [0.2, 0.25) is 0 Å². The number of hydrogen-bond donors (Lipinski definition) is 2. The molecule has 5 nitrogen and oxygen atoms in total. The zero-order valence-electron chi connectivity index (χ0n) is 13.3. The lowest BCUT2D eigenvalue weighted by atomic mass is 9.74. The third-order valence-electron chi connectivity index (χ3n) is 4.67. The molecular formula is C16H26N2O3S. The molecule has 2 rings (SSSR count). The lowest BCUT2D eigenvalue weighted by Gasteiger charge is -2.42. The van der Waals surface area contributed by atoms with Crippen molar-refractivity contribution in [3.8, 4) is 5.75 Å². The van der Waals surface area contributed by atoms with Crippen LogP contribution in [0.25, 0.3) is 0 Å². The number of nitrogens with one attached hydrogen (secondary N) is 1. The van der Waals surface area contributed by atoms with Crippen LogP contribution >= 0.6 is 0 Å². The predicted octanol–water partition coefficient (Wildman–Crippen LogP) is 2.02. The molecule has 0 amide bonds. The summed E-state index contributed by atoms with van der Waals surface area (Å²) in [5, 5.41) is 0. The minimum Gasteiger partial charge on any atom is -0.497 e. The van der Waals surface area contributed by atoms with Crippen molar-refractivity contribution in [3.63, 3.8) is 0 Å². The molecule has 1 fully saturated rings. The number of sulfonamides is 1. The molecule has 0 saturated heterocycles. The molecule has 0 aliphatic heterocycles. The monoisotopic (exact) mass is 326 g/mol. The van der Waals surface area contributed by atoms with Crippen LogP contribution in [0.15, 0.2) is 24.3 Å². The molecule has 1 saturated carbocycles. The van der Waals surface area contributed by atoms with E-state index < -0.39 is 15.6 Å². The summed E-state index contributed by atoms with van der Waals surface area (Å²) in [7, 11) is -1.88. The van der Waals surface area contributed by atoms with Gasteiger partial charge in [0.1, 0.15) is 5.75 Å². The fraction of sp³-hybridized carbons (Fsp3) is 0.625. The van der Waals surface area contributed by atoms with Crippen molar-refractivity contribution < 1.29 is 13.2 Å². The minimum atomic E-state index is -3.45. The fourth-order valence-corrected chi connectivity index (χ4v) is 4.93. The van der Waals surface area contributed by atoms with Gasteiger partial charge in [0.2, 0.25) is 10.0 Å². The van der Waals surface area contributed by atoms with Crippen molar-refractivity contribution in [2.45, 2.75) is 43.9 Å². The van der Waals surface area contributed by atoms with E-state index in [0.29, 0.717) is 17.9 Å². The van der Waals surface area contributed by atoms with Gasteiger partial charge < -0.3 is 10.5 Å². The van der Waals surface area contributed by atoms with Crippen LogP contribution in [0.4, 0.5) is 0 Å². The average Bonchev–Trinajstić information content (AvgIpc) is 2.49. The van der Waals surface area contributed by atoms with E-state index in [2.05, 4.69) is 11.6 Å². The molecule has 3 N–H and O–H groups in total. The normalized spacial score (nSPS) is 25.9. The number of methoxy groups -OCH3 is 1. The van der Waals surface area contributed by atoms with Gasteiger partial charge in [-0.05, 0) is 36.5 Å². The Morgan fingerprint density at radius 1 is 1.41 bits per heavy atom. The third kappa shape index (κ3) is 4.00. The van der Waals surface area contributed by atoms with Gasteiger partial charge >= 0.3 is 0 Å². The Morgan fingerprint density at radius 3 is 2.82 bits per heavy atom. The molecule has 1 aromatic rings. The summed E-state index contributed by atoms with van der Waals surface area (Å²) in [5.74, 6) is 0.859. The lowest BCUT2D eigenvalue weighted by molar-refractivity contribution is 0.191. The van der Waals surface area contributed by atoms with Crippen LogP contribution in [0.5, 0.6) is 5.75 Å². The molecular weight excluding hydrogens is 300 g/mol. The van der Waals surface area contributed by atoms with E-state index in [1.165, 1.54) is 0 Å². The summed E-state index contributed by atoms with van der Waals surface area (Å²) < 4.78 is 33.2. The highest BCUT2D eigenvalue weighted by Gasteiger charge is 2.40. The molecule has 2 unspecified atom stereocenters. The van der Waals surface area contributed by atoms with Crippen molar-refractivity contribution in [1.82, 2.24) is 4.72 Å². The summed E-state index contributed by atoms with van der Waals surface area (Å²) in [4.78, 5) is 0. The number of benzene rings is 1. The molecule has 0 radical (unpaired) electrons. The van der Waals surface area contributed by atoms with Gasteiger partial charge in [0.25, 0.3) is 0 Å². The van der Waals surface area contributed by atoms with E-state index in [1.54, 1.807) is 31.4 Å². The molecule has 0 spiro atoms. The topological polar surface area (TPSA) is 81.4 Å². The van der Waals surface area contributed by atoms with Crippen LogP contribution in [-0.2, 0) is 15.8 Å². The Hall–Kier alpha value is -1.11. The second-order valence-electron chi connectivity index (χ2n) is 6.22. The fourth-order valence-electron chi connectivity index (χ4n) is 3.24. The van der Waals surface area contributed by atoms with E-state index >= 15 is 0 Å². The molecule has 2 atom stereocenters. The van der Waals surface area contributed by atoms with Gasteiger partial charge in [-0.25, -0.2) is 13.1 Å². The lowest BCUT2D eigenvalue weighted by Crippen LogP contribution is -2.59. The zero-order valence-corrected chi connectivity index (χ0v) is 14.2. The first-order valence-corrected chi connectivity index (χ1v) is 9.41. The van der Waals surface area contributed by atoms with Crippen molar-refractivity contribution in [2.24, 2.45) is 11.7 Å². The maximum Gasteiger partial charge on any atom is 0.216 e. The first kappa shape index (κ1) is 17.2. The highest BCUT2D eigenvalue weighted by atomic mass is 32.2. The van der Waals surface area contributed by atoms with Crippen molar-refractivity contribution >= 4 is 10.0 Å². The van der Waals surface area contributed by atoms with Gasteiger partial charge in [-0.15, -0.1) is 0 Å². The van der Waals surface area contributed by atoms with Crippen molar-refractivity contribution in [1.29, 1.82) is 0 Å². The number of rotatable bonds is 6. The van der Waals surface area contributed by atoms with Crippen LogP contribution in [0.1, 0.15) is 38.2 Å². The summed E-state index contributed by atoms with van der Waals surface area (Å²) in [6.07, 6.45) is 3.98. The Morgan fingerprint density at radius 2 is 2.18 bits per heavy atom. The van der Waals surface area contributed by atoms with Gasteiger partial charge in [-0.3, -0.25) is 0 Å². The minimum absolute atomic E-state index is 0.0569. The van der Waals surface area contributed by atoms with Crippen LogP contribution < -0.4 is 15.2 Å². The van der Waals surface area contributed by atoms with Crippen molar-refractivity contribution in [2.75, 3.05) is 13.7 Å². The third-order valence-corrected chi connectivity index (χ3v) is 6.10. The Kier molecular flexibility index (Phi) is 5.47. The Balaban J connectivity index is 2.15. The first-order valence-electron chi connectivity index (χ1n) is 7.75. The highest BCUT2D eigenvalue weighted by Crippen LogP contribution is 2.33. The summed E-state index contributed by atoms with van der Waals surface area (Å²) in [6.45, 7) is 2.42. The maximum absolute atomic E-state index is 12.6. The van der Waals surface area contributed by atoms with E-state index in [9.17, 15) is 8.42 Å². The Bertz CT molecular complexity index is 603. The van der Waals surface area contributed by atoms with E-state index in [-0.39, 0.29) is 11.7 Å². The summed E-state index contributed by atoms with van der Waals surface area (Å²) in [5.41, 5.74) is 6.13. The second-order valence-corrected chi connectivity index (χ2v) is 7.94. The largest absolute Gasteiger partial charge is 0.497 e. The molecule has 1 aliphatic rings. The van der Waals surface area contributed by atoms with Gasteiger partial charge in [0, 0.05) is 12.1 Å². The van der Waals surface area contributed by atoms with Gasteiger partial charge in [0.15, 0.2) is 0 Å². The number of nitrogens with two attached hydrogens (primary N) is 1. The van der Waals surface area contributed by atoms with E-state index in [0.717, 1.165) is 25.7 Å². The van der Waals surface area contributed by atoms with Crippen molar-refractivity contribution in [3.05, 3.63) is 29.8 Å². The Labute approximate surface area is 133 Å². The molecule has 0 aromatic heterocycles. The zero-order chi connectivity index (χ0) is 16.2. The SMILES string of the molecule is COc1cccc(CS(=O)(=O)NC2(CN)CCCCC2C)c1. The quantitative estimate of drug-likeness (QED) is 0.838. The molecule has 0 heterocycles. The summed E-state index contributed by atoms with van der Waals surface area (Å²) >= 11 is 0. The van der Waals surface area contributed by atoms with Gasteiger partial charge in [-0.1, -0.05) is 31.9 Å². The standard InChI is InChI=1S/C16H26N2O3S/c1-13-6-3-4-9-16(13,12-17)18-22(19,20)11-14-7-5-8-15(10-14)21-2/h5,7-8,10,13,18H,3-4,6,9,11-12,17H2,1-2H3. The second kappa shape index (κ2) is 6.98. The van der Waals surface area contributed by atoms with E-state index in [4.69, 9.17) is 10.5 Å².